The molecule has 1 aliphatic heterocycles. The number of piperazine rings is 1. The summed E-state index contributed by atoms with van der Waals surface area (Å²) in [6, 6.07) is 18.0. The normalized spacial score (nSPS) is 26.4. The average molecular weight is 437 g/mol. The lowest BCUT2D eigenvalue weighted by atomic mass is 9.87. The molecule has 178 valence electrons. The van der Waals surface area contributed by atoms with Crippen molar-refractivity contribution in [3.8, 4) is 0 Å². The lowest BCUT2D eigenvalue weighted by molar-refractivity contribution is 0.190. The summed E-state index contributed by atoms with van der Waals surface area (Å²) in [5, 5.41) is 0. The van der Waals surface area contributed by atoms with Crippen molar-refractivity contribution in [2.45, 2.75) is 74.7 Å². The van der Waals surface area contributed by atoms with Crippen LogP contribution in [0.3, 0.4) is 0 Å². The Morgan fingerprint density at radius 2 is 1.31 bits per heavy atom. The van der Waals surface area contributed by atoms with E-state index in [-0.39, 0.29) is 5.41 Å². The zero-order chi connectivity index (χ0) is 24.2. The summed E-state index contributed by atoms with van der Waals surface area (Å²) < 4.78 is 0. The first kappa shape index (κ1) is 26.5. The van der Waals surface area contributed by atoms with Gasteiger partial charge in [-0.3, -0.25) is 4.90 Å². The first-order valence-corrected chi connectivity index (χ1v) is 12.8. The van der Waals surface area contributed by atoms with Gasteiger partial charge >= 0.3 is 0 Å². The number of hydrogen-bond acceptors (Lipinski definition) is 2. The van der Waals surface area contributed by atoms with Crippen LogP contribution in [0.15, 0.2) is 48.5 Å². The third-order valence-electron chi connectivity index (χ3n) is 8.63. The first-order valence-electron chi connectivity index (χ1n) is 12.8. The van der Waals surface area contributed by atoms with Crippen LogP contribution in [0.2, 0.25) is 0 Å². The Kier molecular flexibility index (Phi) is 8.62. The highest BCUT2D eigenvalue weighted by atomic mass is 15.3. The Morgan fingerprint density at radius 3 is 1.84 bits per heavy atom. The zero-order valence-corrected chi connectivity index (χ0v) is 22.5. The van der Waals surface area contributed by atoms with Crippen molar-refractivity contribution in [3.63, 3.8) is 0 Å². The Balaban J connectivity index is 0.000000860. The molecule has 1 saturated heterocycles. The molecular formula is C30H48N2. The van der Waals surface area contributed by atoms with E-state index in [4.69, 9.17) is 0 Å². The van der Waals surface area contributed by atoms with E-state index in [1.165, 1.54) is 28.9 Å². The van der Waals surface area contributed by atoms with Crippen LogP contribution in [-0.2, 0) is 5.41 Å². The first-order chi connectivity index (χ1) is 15.2. The van der Waals surface area contributed by atoms with E-state index in [9.17, 15) is 0 Å². The highest BCUT2D eigenvalue weighted by Crippen LogP contribution is 2.78. The largest absolute Gasteiger partial charge is 0.369 e. The maximum Gasteiger partial charge on any atom is 0.0396 e. The number of aryl methyl sites for hydroxylation is 2. The van der Waals surface area contributed by atoms with Gasteiger partial charge in [-0.15, -0.1) is 0 Å². The van der Waals surface area contributed by atoms with E-state index in [1.807, 2.05) is 27.7 Å². The van der Waals surface area contributed by atoms with E-state index in [2.05, 4.69) is 99.9 Å². The van der Waals surface area contributed by atoms with Crippen LogP contribution in [-0.4, -0.2) is 37.6 Å². The summed E-state index contributed by atoms with van der Waals surface area (Å²) in [5.74, 6) is 0. The van der Waals surface area contributed by atoms with Crippen LogP contribution in [0, 0.1) is 24.7 Å². The van der Waals surface area contributed by atoms with Crippen molar-refractivity contribution in [1.82, 2.24) is 4.90 Å². The summed E-state index contributed by atoms with van der Waals surface area (Å²) in [6.07, 6.45) is 0. The summed E-state index contributed by atoms with van der Waals surface area (Å²) >= 11 is 0. The molecule has 32 heavy (non-hydrogen) atoms. The van der Waals surface area contributed by atoms with Crippen molar-refractivity contribution in [3.05, 3.63) is 65.2 Å². The van der Waals surface area contributed by atoms with Crippen molar-refractivity contribution in [2.75, 3.05) is 37.6 Å². The van der Waals surface area contributed by atoms with Crippen molar-refractivity contribution in [1.29, 1.82) is 0 Å². The van der Waals surface area contributed by atoms with Crippen LogP contribution in [0.4, 0.5) is 5.69 Å². The van der Waals surface area contributed by atoms with Gasteiger partial charge in [0.05, 0.1) is 0 Å². The molecule has 0 amide bonds. The standard InChI is InChI=1S/C26H36N2.2C2H6/c1-20-12-13-23(21(2)18-20)28-16-14-27(15-17-28)19-25(5)24(3,4)26(25,6)22-10-8-7-9-11-22;2*1-2/h7-13,18H,14-17,19H2,1-6H3;2*1-2H3. The molecule has 0 spiro atoms. The zero-order valence-electron chi connectivity index (χ0n) is 22.5. The van der Waals surface area contributed by atoms with Gasteiger partial charge in [0.25, 0.3) is 0 Å². The Bertz CT molecular complexity index is 848. The van der Waals surface area contributed by atoms with E-state index < -0.39 is 0 Å². The second kappa shape index (κ2) is 10.4. The minimum absolute atomic E-state index is 0.242. The minimum Gasteiger partial charge on any atom is -0.369 e. The van der Waals surface area contributed by atoms with Gasteiger partial charge < -0.3 is 4.90 Å². The van der Waals surface area contributed by atoms with Crippen molar-refractivity contribution in [2.24, 2.45) is 10.8 Å². The second-order valence-electron chi connectivity index (χ2n) is 10.0. The fourth-order valence-electron chi connectivity index (χ4n) is 6.01. The maximum absolute atomic E-state index is 2.70. The summed E-state index contributed by atoms with van der Waals surface area (Å²) in [5.41, 5.74) is 6.53. The average Bonchev–Trinajstić information content (AvgIpc) is 3.16. The second-order valence-corrected chi connectivity index (χ2v) is 10.0. The van der Waals surface area contributed by atoms with Gasteiger partial charge in [-0.25, -0.2) is 0 Å². The van der Waals surface area contributed by atoms with Gasteiger partial charge in [-0.1, -0.05) is 103 Å². The molecule has 4 rings (SSSR count). The molecule has 2 nitrogen and oxygen atoms in total. The number of rotatable bonds is 4. The van der Waals surface area contributed by atoms with E-state index >= 15 is 0 Å². The molecule has 1 aliphatic carbocycles. The van der Waals surface area contributed by atoms with Crippen LogP contribution in [0.25, 0.3) is 0 Å². The fourth-order valence-corrected chi connectivity index (χ4v) is 6.01. The molecule has 0 N–H and O–H groups in total. The molecule has 0 bridgehead atoms. The minimum atomic E-state index is 0.242. The SMILES string of the molecule is CC.CC.Cc1ccc(N2CCN(CC3(C)C(C)(C)C3(C)c3ccccc3)CC2)c(C)c1. The summed E-state index contributed by atoms with van der Waals surface area (Å²) in [4.78, 5) is 5.28. The molecule has 2 fully saturated rings. The molecule has 2 aliphatic rings. The molecule has 2 unspecified atom stereocenters. The topological polar surface area (TPSA) is 6.48 Å². The number of hydrogen-bond donors (Lipinski definition) is 0. The molecule has 2 heteroatoms. The fraction of sp³-hybridized carbons (Fsp3) is 0.600. The Morgan fingerprint density at radius 1 is 0.750 bits per heavy atom. The van der Waals surface area contributed by atoms with Gasteiger partial charge in [0.15, 0.2) is 0 Å². The molecule has 0 radical (unpaired) electrons. The number of anilines is 1. The molecular weight excluding hydrogens is 388 g/mol. The molecule has 0 aromatic heterocycles. The van der Waals surface area contributed by atoms with Crippen molar-refractivity contribution >= 4 is 5.69 Å². The predicted octanol–water partition coefficient (Wildman–Crippen LogP) is 7.48. The van der Waals surface area contributed by atoms with Gasteiger partial charge in [0.2, 0.25) is 0 Å². The van der Waals surface area contributed by atoms with Crippen molar-refractivity contribution < 1.29 is 0 Å². The Hall–Kier alpha value is -1.80. The molecule has 2 atom stereocenters. The summed E-state index contributed by atoms with van der Waals surface area (Å²) in [6.45, 7) is 28.1. The smallest absolute Gasteiger partial charge is 0.0396 e. The Labute approximate surface area is 199 Å². The molecule has 2 aromatic rings. The van der Waals surface area contributed by atoms with Gasteiger partial charge in [0.1, 0.15) is 0 Å². The highest BCUT2D eigenvalue weighted by molar-refractivity contribution is 5.54. The van der Waals surface area contributed by atoms with Gasteiger partial charge in [-0.05, 0) is 41.9 Å². The van der Waals surface area contributed by atoms with E-state index in [1.54, 1.807) is 0 Å². The van der Waals surface area contributed by atoms with Crippen LogP contribution < -0.4 is 4.90 Å². The van der Waals surface area contributed by atoms with E-state index in [0.717, 1.165) is 26.2 Å². The number of benzene rings is 2. The van der Waals surface area contributed by atoms with Crippen LogP contribution in [0.5, 0.6) is 0 Å². The summed E-state index contributed by atoms with van der Waals surface area (Å²) in [7, 11) is 0. The van der Waals surface area contributed by atoms with E-state index in [0.29, 0.717) is 10.8 Å². The van der Waals surface area contributed by atoms with Gasteiger partial charge in [0, 0.05) is 43.8 Å². The van der Waals surface area contributed by atoms with Crippen LogP contribution >= 0.6 is 0 Å². The lowest BCUT2D eigenvalue weighted by Gasteiger charge is -2.39. The molecule has 2 aromatic carbocycles. The number of nitrogens with zero attached hydrogens (tertiary/aromatic N) is 2. The predicted molar refractivity (Wildman–Crippen MR) is 143 cm³/mol. The highest BCUT2D eigenvalue weighted by Gasteiger charge is 2.77. The molecule has 1 saturated carbocycles. The monoisotopic (exact) mass is 436 g/mol. The quantitative estimate of drug-likeness (QED) is 0.490. The maximum atomic E-state index is 2.70. The third-order valence-corrected chi connectivity index (χ3v) is 8.63. The third kappa shape index (κ3) is 4.36. The van der Waals surface area contributed by atoms with Crippen LogP contribution in [0.1, 0.15) is 72.1 Å². The molecule has 1 heterocycles. The lowest BCUT2D eigenvalue weighted by Crippen LogP contribution is -2.48. The van der Waals surface area contributed by atoms with Gasteiger partial charge in [-0.2, -0.15) is 0 Å².